The molecular weight excluding hydrogens is 244 g/mol. The average molecular weight is 264 g/mol. The number of nitrogens with one attached hydrogen (secondary N) is 1. The maximum atomic E-state index is 11.7. The summed E-state index contributed by atoms with van der Waals surface area (Å²) in [5.74, 6) is 0.556. The van der Waals surface area contributed by atoms with Gasteiger partial charge in [0.1, 0.15) is 5.75 Å². The fourth-order valence-electron chi connectivity index (χ4n) is 1.48. The Labute approximate surface area is 113 Å². The smallest absolute Gasteiger partial charge is 0.224 e. The maximum Gasteiger partial charge on any atom is 0.224 e. The number of hydrogen-bond donors (Lipinski definition) is 2. The molecule has 0 fully saturated rings. The molecule has 19 heavy (non-hydrogen) atoms. The van der Waals surface area contributed by atoms with Gasteiger partial charge in [-0.2, -0.15) is 0 Å². The lowest BCUT2D eigenvalue weighted by Crippen LogP contribution is -2.13. The van der Waals surface area contributed by atoms with Crippen LogP contribution in [-0.2, 0) is 9.53 Å². The highest BCUT2D eigenvalue weighted by atomic mass is 16.5. The van der Waals surface area contributed by atoms with Crippen molar-refractivity contribution in [2.45, 2.75) is 12.8 Å². The highest BCUT2D eigenvalue weighted by Gasteiger charge is 2.06. The first-order valence-corrected chi connectivity index (χ1v) is 6.09. The number of anilines is 2. The van der Waals surface area contributed by atoms with E-state index in [0.717, 1.165) is 0 Å². The van der Waals surface area contributed by atoms with Crippen LogP contribution in [0.5, 0.6) is 5.75 Å². The van der Waals surface area contributed by atoms with E-state index in [-0.39, 0.29) is 5.91 Å². The van der Waals surface area contributed by atoms with E-state index >= 15 is 0 Å². The zero-order valence-electron chi connectivity index (χ0n) is 11.1. The molecule has 0 bridgehead atoms. The molecule has 0 aliphatic carbocycles. The number of nitrogens with two attached hydrogens (primary N) is 1. The molecule has 104 valence electrons. The molecule has 1 rings (SSSR count). The van der Waals surface area contributed by atoms with Gasteiger partial charge in [-0.05, 0) is 18.6 Å². The minimum Gasteiger partial charge on any atom is -0.497 e. The Bertz CT molecular complexity index is 433. The Balaban J connectivity index is 2.41. The van der Waals surface area contributed by atoms with Crippen molar-refractivity contribution in [3.8, 4) is 5.75 Å². The Morgan fingerprint density at radius 1 is 1.53 bits per heavy atom. The van der Waals surface area contributed by atoms with E-state index < -0.39 is 0 Å². The van der Waals surface area contributed by atoms with E-state index in [2.05, 4.69) is 11.9 Å². The molecule has 1 aromatic rings. The number of nitrogen functional groups attached to an aromatic ring is 1. The first-order chi connectivity index (χ1) is 9.17. The zero-order valence-corrected chi connectivity index (χ0v) is 11.1. The van der Waals surface area contributed by atoms with Crippen molar-refractivity contribution in [1.29, 1.82) is 0 Å². The summed E-state index contributed by atoms with van der Waals surface area (Å²) in [6, 6.07) is 5.14. The lowest BCUT2D eigenvalue weighted by molar-refractivity contribution is -0.116. The number of amides is 1. The molecule has 1 aromatic carbocycles. The van der Waals surface area contributed by atoms with Gasteiger partial charge >= 0.3 is 0 Å². The summed E-state index contributed by atoms with van der Waals surface area (Å²) in [4.78, 5) is 11.7. The summed E-state index contributed by atoms with van der Waals surface area (Å²) in [5.41, 5.74) is 6.86. The molecule has 0 atom stereocenters. The number of benzene rings is 1. The maximum absolute atomic E-state index is 11.7. The zero-order chi connectivity index (χ0) is 14.1. The molecule has 0 heterocycles. The molecule has 5 heteroatoms. The second-order valence-electron chi connectivity index (χ2n) is 3.97. The number of methoxy groups -OCH3 is 1. The second kappa shape index (κ2) is 8.16. The third-order valence-corrected chi connectivity index (χ3v) is 2.46. The fourth-order valence-corrected chi connectivity index (χ4v) is 1.48. The van der Waals surface area contributed by atoms with Crippen LogP contribution in [-0.4, -0.2) is 26.2 Å². The van der Waals surface area contributed by atoms with Crippen LogP contribution in [0.25, 0.3) is 0 Å². The van der Waals surface area contributed by atoms with Gasteiger partial charge < -0.3 is 20.5 Å². The van der Waals surface area contributed by atoms with Crippen LogP contribution in [0.15, 0.2) is 30.9 Å². The predicted molar refractivity (Wildman–Crippen MR) is 76.3 cm³/mol. The molecule has 0 aliphatic heterocycles. The van der Waals surface area contributed by atoms with Gasteiger partial charge in [-0.1, -0.05) is 6.08 Å². The summed E-state index contributed by atoms with van der Waals surface area (Å²) >= 11 is 0. The van der Waals surface area contributed by atoms with Crippen molar-refractivity contribution in [3.05, 3.63) is 30.9 Å². The Kier molecular flexibility index (Phi) is 6.46. The Hall–Kier alpha value is -2.01. The number of ether oxygens (including phenoxy) is 2. The van der Waals surface area contributed by atoms with Crippen LogP contribution >= 0.6 is 0 Å². The van der Waals surface area contributed by atoms with E-state index in [4.69, 9.17) is 15.2 Å². The van der Waals surface area contributed by atoms with Crippen LogP contribution in [0, 0.1) is 0 Å². The summed E-state index contributed by atoms with van der Waals surface area (Å²) in [5, 5.41) is 2.76. The quantitative estimate of drug-likeness (QED) is 0.429. The summed E-state index contributed by atoms with van der Waals surface area (Å²) in [6.07, 6.45) is 2.72. The molecule has 0 aromatic heterocycles. The van der Waals surface area contributed by atoms with Gasteiger partial charge in [0.15, 0.2) is 0 Å². The Morgan fingerprint density at radius 3 is 3.00 bits per heavy atom. The van der Waals surface area contributed by atoms with E-state index in [1.807, 2.05) is 0 Å². The van der Waals surface area contributed by atoms with Crippen molar-refractivity contribution < 1.29 is 14.3 Å². The summed E-state index contributed by atoms with van der Waals surface area (Å²) < 4.78 is 10.3. The second-order valence-corrected chi connectivity index (χ2v) is 3.97. The molecule has 0 spiro atoms. The van der Waals surface area contributed by atoms with Crippen LogP contribution in [0.3, 0.4) is 0 Å². The minimum atomic E-state index is -0.0952. The predicted octanol–water partition coefficient (Wildman–Crippen LogP) is 2.20. The SMILES string of the molecule is C=CCOCCCC(=O)Nc1cc(OC)ccc1N. The lowest BCUT2D eigenvalue weighted by atomic mass is 10.2. The van der Waals surface area contributed by atoms with Gasteiger partial charge in [0.05, 0.1) is 25.1 Å². The molecule has 3 N–H and O–H groups in total. The number of hydrogen-bond acceptors (Lipinski definition) is 4. The van der Waals surface area contributed by atoms with Gasteiger partial charge in [-0.3, -0.25) is 4.79 Å². The van der Waals surface area contributed by atoms with Gasteiger partial charge in [0, 0.05) is 19.1 Å². The highest BCUT2D eigenvalue weighted by molar-refractivity contribution is 5.94. The molecule has 0 aliphatic rings. The van der Waals surface area contributed by atoms with Gasteiger partial charge in [0.2, 0.25) is 5.91 Å². The van der Waals surface area contributed by atoms with E-state index in [0.29, 0.717) is 43.2 Å². The van der Waals surface area contributed by atoms with Crippen molar-refractivity contribution in [2.75, 3.05) is 31.4 Å². The van der Waals surface area contributed by atoms with Gasteiger partial charge in [0.25, 0.3) is 0 Å². The minimum absolute atomic E-state index is 0.0952. The van der Waals surface area contributed by atoms with Crippen molar-refractivity contribution in [3.63, 3.8) is 0 Å². The molecule has 0 unspecified atom stereocenters. The highest BCUT2D eigenvalue weighted by Crippen LogP contribution is 2.24. The molecular formula is C14H20N2O3. The molecule has 1 amide bonds. The normalized spacial score (nSPS) is 9.95. The number of carbonyl (C=O) groups excluding carboxylic acids is 1. The monoisotopic (exact) mass is 264 g/mol. The van der Waals surface area contributed by atoms with E-state index in [9.17, 15) is 4.79 Å². The third-order valence-electron chi connectivity index (χ3n) is 2.46. The first-order valence-electron chi connectivity index (χ1n) is 6.09. The summed E-state index contributed by atoms with van der Waals surface area (Å²) in [7, 11) is 1.56. The molecule has 0 saturated carbocycles. The van der Waals surface area contributed by atoms with Crippen molar-refractivity contribution >= 4 is 17.3 Å². The van der Waals surface area contributed by atoms with E-state index in [1.165, 1.54) is 0 Å². The van der Waals surface area contributed by atoms with Crippen molar-refractivity contribution in [1.82, 2.24) is 0 Å². The molecule has 0 radical (unpaired) electrons. The lowest BCUT2D eigenvalue weighted by Gasteiger charge is -2.10. The number of carbonyl (C=O) groups is 1. The number of rotatable bonds is 8. The van der Waals surface area contributed by atoms with Crippen LogP contribution < -0.4 is 15.8 Å². The van der Waals surface area contributed by atoms with Crippen LogP contribution in [0.2, 0.25) is 0 Å². The topological polar surface area (TPSA) is 73.6 Å². The standard InChI is InChI=1S/C14H20N2O3/c1-3-8-19-9-4-5-14(17)16-13-10-11(18-2)6-7-12(13)15/h3,6-7,10H,1,4-5,8-9,15H2,2H3,(H,16,17). The molecule has 0 saturated heterocycles. The summed E-state index contributed by atoms with van der Waals surface area (Å²) in [6.45, 7) is 4.58. The third kappa shape index (κ3) is 5.44. The first kappa shape index (κ1) is 15.0. The van der Waals surface area contributed by atoms with Crippen molar-refractivity contribution in [2.24, 2.45) is 0 Å². The van der Waals surface area contributed by atoms with E-state index in [1.54, 1.807) is 31.4 Å². The average Bonchev–Trinajstić information content (AvgIpc) is 2.41. The van der Waals surface area contributed by atoms with Gasteiger partial charge in [-0.15, -0.1) is 6.58 Å². The largest absolute Gasteiger partial charge is 0.497 e. The van der Waals surface area contributed by atoms with Crippen LogP contribution in [0.4, 0.5) is 11.4 Å². The molecule has 5 nitrogen and oxygen atoms in total. The Morgan fingerprint density at radius 2 is 2.32 bits per heavy atom. The fraction of sp³-hybridized carbons (Fsp3) is 0.357. The van der Waals surface area contributed by atoms with Crippen LogP contribution in [0.1, 0.15) is 12.8 Å². The van der Waals surface area contributed by atoms with Gasteiger partial charge in [-0.25, -0.2) is 0 Å².